The minimum absolute atomic E-state index is 0.0740. The zero-order valence-corrected chi connectivity index (χ0v) is 41.2. The van der Waals surface area contributed by atoms with Crippen molar-refractivity contribution in [2.24, 2.45) is 76.4 Å². The Balaban J connectivity index is 0.756. The van der Waals surface area contributed by atoms with E-state index in [0.717, 1.165) is 51.4 Å². The van der Waals surface area contributed by atoms with Crippen LogP contribution in [0.15, 0.2) is 48.6 Å². The Morgan fingerprint density at radius 3 is 0.971 bits per heavy atom. The highest BCUT2D eigenvalue weighted by Crippen LogP contribution is 2.46. The van der Waals surface area contributed by atoms with Crippen molar-refractivity contribution in [2.45, 2.75) is 77.0 Å². The van der Waals surface area contributed by atoms with Gasteiger partial charge in [-0.25, -0.2) is 0 Å². The fourth-order valence-electron chi connectivity index (χ4n) is 12.6. The van der Waals surface area contributed by atoms with Crippen molar-refractivity contribution < 1.29 is 57.1 Å². The minimum Gasteiger partial charge on any atom is -0.379 e. The van der Waals surface area contributed by atoms with Gasteiger partial charge >= 0.3 is 0 Å². The average Bonchev–Trinajstić information content (AvgIpc) is 4.24. The molecule has 12 atom stereocenters. The van der Waals surface area contributed by atoms with Gasteiger partial charge in [-0.1, -0.05) is 48.6 Å². The van der Waals surface area contributed by atoms with Gasteiger partial charge in [0.15, 0.2) is 0 Å². The summed E-state index contributed by atoms with van der Waals surface area (Å²) in [5, 5.41) is 6.10. The second-order valence-corrected chi connectivity index (χ2v) is 21.4. The normalized spacial score (nSPS) is 31.4. The number of allylic oxidation sites excluding steroid dienone is 8. The van der Waals surface area contributed by atoms with E-state index < -0.39 is 5.41 Å². The van der Waals surface area contributed by atoms with Gasteiger partial charge in [0.2, 0.25) is 11.8 Å². The van der Waals surface area contributed by atoms with Crippen LogP contribution in [0.25, 0.3) is 0 Å². The molecule has 0 aliphatic heterocycles. The number of carbonyl (C=O) groups is 4. The molecular weight excluding hydrogens is 881 g/mol. The predicted molar refractivity (Wildman–Crippen MR) is 259 cm³/mol. The van der Waals surface area contributed by atoms with Gasteiger partial charge in [0.25, 0.3) is 0 Å². The van der Waals surface area contributed by atoms with Gasteiger partial charge in [0, 0.05) is 62.8 Å². The van der Waals surface area contributed by atoms with Gasteiger partial charge < -0.3 is 48.5 Å². The third-order valence-electron chi connectivity index (χ3n) is 16.3. The maximum Gasteiger partial charge on any atom is 0.223 e. The maximum atomic E-state index is 12.9. The first kappa shape index (κ1) is 52.2. The number of Topliss-reactive ketones (excluding diaryl/α,β-unsaturated/α-hetero) is 2. The van der Waals surface area contributed by atoms with Crippen LogP contribution in [0.4, 0.5) is 0 Å². The predicted octanol–water partition coefficient (Wildman–Crippen LogP) is 5.89. The second kappa shape index (κ2) is 27.1. The maximum absolute atomic E-state index is 12.9. The fraction of sp³-hybridized carbons (Fsp3) is 0.782. The molecular formula is C55H82N2O12. The van der Waals surface area contributed by atoms with E-state index in [0.29, 0.717) is 177 Å². The number of carbonyl (C=O) groups excluding carboxylic acids is 4. The van der Waals surface area contributed by atoms with Crippen molar-refractivity contribution in [1.29, 1.82) is 0 Å². The highest BCUT2D eigenvalue weighted by atomic mass is 16.6. The summed E-state index contributed by atoms with van der Waals surface area (Å²) in [7, 11) is 0. The van der Waals surface area contributed by atoms with Gasteiger partial charge in [0.1, 0.15) is 11.6 Å². The lowest BCUT2D eigenvalue weighted by molar-refractivity contribution is -0.126. The van der Waals surface area contributed by atoms with Crippen LogP contribution in [0.1, 0.15) is 77.0 Å². The summed E-state index contributed by atoms with van der Waals surface area (Å²) in [5.41, 5.74) is -0.685. The van der Waals surface area contributed by atoms with Crippen molar-refractivity contribution in [3.8, 4) is 0 Å². The van der Waals surface area contributed by atoms with Crippen molar-refractivity contribution in [2.75, 3.05) is 119 Å². The van der Waals surface area contributed by atoms with Crippen molar-refractivity contribution >= 4 is 23.4 Å². The Kier molecular flexibility index (Phi) is 20.5. The SMILES string of the molecule is O=C(CCCOCCOCC(COCCOCCCC(=O)C1CC2C=CC1C2)(COCCOCCNC(=O)C1CC2C=CC1C2)COCCOCCNC(=O)C1CC2C=CC1C2)C1CC2C=CC1C2. The van der Waals surface area contributed by atoms with E-state index in [4.69, 9.17) is 37.9 Å². The van der Waals surface area contributed by atoms with Crippen LogP contribution in [0.5, 0.6) is 0 Å². The van der Waals surface area contributed by atoms with Crippen LogP contribution in [-0.2, 0) is 57.1 Å². The molecule has 2 N–H and O–H groups in total. The lowest BCUT2D eigenvalue weighted by Crippen LogP contribution is -2.43. The minimum atomic E-state index is -0.685. The number of fused-ring (bicyclic) bond motifs is 8. The number of rotatable bonds is 38. The van der Waals surface area contributed by atoms with Gasteiger partial charge in [-0.15, -0.1) is 0 Å². The van der Waals surface area contributed by atoms with Crippen LogP contribution >= 0.6 is 0 Å². The number of nitrogens with one attached hydrogen (secondary N) is 2. The largest absolute Gasteiger partial charge is 0.379 e. The highest BCUT2D eigenvalue weighted by Gasteiger charge is 2.42. The summed E-state index contributed by atoms with van der Waals surface area (Å²) < 4.78 is 48.6. The smallest absolute Gasteiger partial charge is 0.223 e. The Hall–Kier alpha value is -3.08. The van der Waals surface area contributed by atoms with E-state index in [-0.39, 0.29) is 61.9 Å². The average molecular weight is 963 g/mol. The Morgan fingerprint density at radius 2 is 0.667 bits per heavy atom. The summed E-state index contributed by atoms with van der Waals surface area (Å²) >= 11 is 0. The number of hydrogen-bond donors (Lipinski definition) is 2. The van der Waals surface area contributed by atoms with Gasteiger partial charge in [-0.2, -0.15) is 0 Å². The topological polar surface area (TPSA) is 166 Å². The number of ether oxygens (including phenoxy) is 8. The lowest BCUT2D eigenvalue weighted by atomic mass is 9.88. The van der Waals surface area contributed by atoms with E-state index >= 15 is 0 Å². The van der Waals surface area contributed by atoms with Gasteiger partial charge in [-0.3, -0.25) is 19.2 Å². The molecule has 14 nitrogen and oxygen atoms in total. The van der Waals surface area contributed by atoms with Crippen molar-refractivity contribution in [3.05, 3.63) is 48.6 Å². The van der Waals surface area contributed by atoms with E-state index in [1.54, 1.807) is 0 Å². The molecule has 384 valence electrons. The third kappa shape index (κ3) is 15.5. The molecule has 8 aliphatic carbocycles. The first-order valence-corrected chi connectivity index (χ1v) is 26.8. The monoisotopic (exact) mass is 963 g/mol. The molecule has 0 aromatic carbocycles. The zero-order valence-electron chi connectivity index (χ0n) is 41.2. The van der Waals surface area contributed by atoms with Gasteiger partial charge in [-0.05, 0) is 112 Å². The third-order valence-corrected chi connectivity index (χ3v) is 16.3. The molecule has 8 bridgehead atoms. The van der Waals surface area contributed by atoms with Crippen LogP contribution in [0.3, 0.4) is 0 Å². The van der Waals surface area contributed by atoms with Crippen molar-refractivity contribution in [3.63, 3.8) is 0 Å². The Labute approximate surface area is 410 Å². The molecule has 0 saturated heterocycles. The molecule has 0 aromatic rings. The number of amides is 2. The summed E-state index contributed by atoms with van der Waals surface area (Å²) in [6, 6.07) is 0. The van der Waals surface area contributed by atoms with Crippen molar-refractivity contribution in [1.82, 2.24) is 10.6 Å². The summed E-state index contributed by atoms with van der Waals surface area (Å²) in [6.07, 6.45) is 28.7. The molecule has 8 aliphatic rings. The standard InChI is InChI=1S/C55H82N2O12/c58-51(47-31-39-5-9-43(47)27-39)3-1-15-62-19-23-66-35-55(36-67-24-20-63-16-2-4-52(59)48-32-40-6-10-44(48)28-40,37-68-25-21-64-17-13-56-53(60)49-33-41-7-11-45(49)29-41)38-69-26-22-65-18-14-57-54(61)50-34-42-8-12-46(50)30-42/h5-12,39-50H,1-4,13-38H2,(H,56,60)(H,57,61). The van der Waals surface area contributed by atoms with Crippen LogP contribution in [-0.4, -0.2) is 142 Å². The van der Waals surface area contributed by atoms with E-state index in [9.17, 15) is 19.2 Å². The Morgan fingerprint density at radius 1 is 0.362 bits per heavy atom. The molecule has 0 aromatic heterocycles. The number of ketones is 2. The second-order valence-electron chi connectivity index (χ2n) is 21.4. The molecule has 12 unspecified atom stereocenters. The van der Waals surface area contributed by atoms with E-state index in [1.807, 2.05) is 0 Å². The first-order valence-electron chi connectivity index (χ1n) is 26.8. The van der Waals surface area contributed by atoms with Crippen LogP contribution in [0, 0.1) is 76.4 Å². The fourth-order valence-corrected chi connectivity index (χ4v) is 12.6. The van der Waals surface area contributed by atoms with Gasteiger partial charge in [0.05, 0.1) is 97.9 Å². The van der Waals surface area contributed by atoms with E-state index in [2.05, 4.69) is 59.2 Å². The lowest BCUT2D eigenvalue weighted by Gasteiger charge is -2.33. The first-order chi connectivity index (χ1) is 33.8. The Bertz CT molecular complexity index is 1530. The van der Waals surface area contributed by atoms with Crippen LogP contribution in [0.2, 0.25) is 0 Å². The van der Waals surface area contributed by atoms with Crippen LogP contribution < -0.4 is 10.6 Å². The highest BCUT2D eigenvalue weighted by molar-refractivity contribution is 5.83. The summed E-state index contributed by atoms with van der Waals surface area (Å²) in [5.74, 6) is 5.34. The molecule has 0 heterocycles. The zero-order chi connectivity index (χ0) is 47.7. The number of hydrogen-bond acceptors (Lipinski definition) is 12. The quantitative estimate of drug-likeness (QED) is 0.0558. The molecule has 0 radical (unpaired) electrons. The summed E-state index contributed by atoms with van der Waals surface area (Å²) in [4.78, 5) is 51.2. The molecule has 4 fully saturated rings. The molecule has 8 rings (SSSR count). The molecule has 4 saturated carbocycles. The summed E-state index contributed by atoms with van der Waals surface area (Å²) in [6.45, 7) is 6.72. The molecule has 14 heteroatoms. The molecule has 69 heavy (non-hydrogen) atoms. The van der Waals surface area contributed by atoms with E-state index in [1.165, 1.54) is 0 Å². The molecule has 0 spiro atoms. The molecule has 2 amide bonds.